The van der Waals surface area contributed by atoms with Gasteiger partial charge in [-0.05, 0) is 18.6 Å². The average molecular weight is 222 g/mol. The lowest BCUT2D eigenvalue weighted by atomic mass is 10.2. The zero-order valence-corrected chi connectivity index (χ0v) is 10.0. The normalized spacial score (nSPS) is 10.3. The van der Waals surface area contributed by atoms with Crippen molar-refractivity contribution in [2.45, 2.75) is 39.0 Å². The van der Waals surface area contributed by atoms with Crippen molar-refractivity contribution in [1.29, 1.82) is 0 Å². The Hall–Kier alpha value is -1.38. The number of nitrogens with two attached hydrogens (primary N) is 2. The lowest BCUT2D eigenvalue weighted by Gasteiger charge is -2.07. The van der Waals surface area contributed by atoms with Crippen LogP contribution in [-0.2, 0) is 0 Å². The van der Waals surface area contributed by atoms with Crippen LogP contribution in [0.5, 0.6) is 5.75 Å². The van der Waals surface area contributed by atoms with Crippen molar-refractivity contribution in [3.05, 3.63) is 18.2 Å². The van der Waals surface area contributed by atoms with Gasteiger partial charge in [-0.2, -0.15) is 0 Å². The van der Waals surface area contributed by atoms with Gasteiger partial charge in [0, 0.05) is 6.07 Å². The van der Waals surface area contributed by atoms with Gasteiger partial charge in [0.05, 0.1) is 18.0 Å². The molecule has 0 heterocycles. The van der Waals surface area contributed by atoms with Gasteiger partial charge in [-0.3, -0.25) is 0 Å². The third kappa shape index (κ3) is 4.43. The lowest BCUT2D eigenvalue weighted by Crippen LogP contribution is -1.99. The van der Waals surface area contributed by atoms with Crippen molar-refractivity contribution >= 4 is 11.4 Å². The molecule has 3 nitrogen and oxygen atoms in total. The molecule has 3 heteroatoms. The summed E-state index contributed by atoms with van der Waals surface area (Å²) < 4.78 is 5.59. The molecule has 0 fully saturated rings. The minimum absolute atomic E-state index is 0.587. The van der Waals surface area contributed by atoms with Gasteiger partial charge in [0.1, 0.15) is 5.75 Å². The topological polar surface area (TPSA) is 61.3 Å². The molecule has 1 aromatic carbocycles. The highest BCUT2D eigenvalue weighted by Crippen LogP contribution is 2.21. The molecular formula is C13H22N2O. The number of benzene rings is 1. The molecule has 0 bridgehead atoms. The van der Waals surface area contributed by atoms with Crippen molar-refractivity contribution in [2.24, 2.45) is 0 Å². The van der Waals surface area contributed by atoms with E-state index in [1.165, 1.54) is 25.7 Å². The Labute approximate surface area is 97.8 Å². The van der Waals surface area contributed by atoms with E-state index in [0.717, 1.165) is 18.8 Å². The first-order valence-corrected chi connectivity index (χ1v) is 6.02. The standard InChI is InChI=1S/C13H22N2O/c1-2-3-4-5-6-9-16-11-7-8-12(14)13(15)10-11/h7-8,10H,2-6,9,14-15H2,1H3. The predicted molar refractivity (Wildman–Crippen MR) is 69.5 cm³/mol. The summed E-state index contributed by atoms with van der Waals surface area (Å²) in [6.07, 6.45) is 6.22. The molecule has 0 spiro atoms. The van der Waals surface area contributed by atoms with Crippen LogP contribution < -0.4 is 16.2 Å². The van der Waals surface area contributed by atoms with Crippen LogP contribution in [0.4, 0.5) is 11.4 Å². The van der Waals surface area contributed by atoms with E-state index in [1.807, 2.05) is 6.07 Å². The van der Waals surface area contributed by atoms with Crippen LogP contribution in [-0.4, -0.2) is 6.61 Å². The highest BCUT2D eigenvalue weighted by atomic mass is 16.5. The summed E-state index contributed by atoms with van der Waals surface area (Å²) in [5.41, 5.74) is 12.5. The quantitative estimate of drug-likeness (QED) is 0.550. The maximum atomic E-state index is 5.69. The fourth-order valence-corrected chi connectivity index (χ4v) is 1.54. The van der Waals surface area contributed by atoms with Crippen molar-refractivity contribution in [1.82, 2.24) is 0 Å². The predicted octanol–water partition coefficient (Wildman–Crippen LogP) is 3.20. The molecule has 0 aliphatic heterocycles. The van der Waals surface area contributed by atoms with E-state index in [4.69, 9.17) is 16.2 Å². The summed E-state index contributed by atoms with van der Waals surface area (Å²) >= 11 is 0. The largest absolute Gasteiger partial charge is 0.494 e. The molecule has 0 unspecified atom stereocenters. The Morgan fingerprint density at radius 3 is 2.44 bits per heavy atom. The fourth-order valence-electron chi connectivity index (χ4n) is 1.54. The Kier molecular flexibility index (Phi) is 5.54. The summed E-state index contributed by atoms with van der Waals surface area (Å²) in [7, 11) is 0. The van der Waals surface area contributed by atoms with Crippen LogP contribution in [0.15, 0.2) is 18.2 Å². The first kappa shape index (κ1) is 12.7. The van der Waals surface area contributed by atoms with Crippen LogP contribution in [0.25, 0.3) is 0 Å². The van der Waals surface area contributed by atoms with Crippen LogP contribution in [0, 0.1) is 0 Å². The third-order valence-corrected chi connectivity index (χ3v) is 2.57. The SMILES string of the molecule is CCCCCCCOc1ccc(N)c(N)c1. The van der Waals surface area contributed by atoms with Gasteiger partial charge in [0.25, 0.3) is 0 Å². The first-order chi connectivity index (χ1) is 7.74. The summed E-state index contributed by atoms with van der Waals surface area (Å²) in [4.78, 5) is 0. The minimum Gasteiger partial charge on any atom is -0.494 e. The summed E-state index contributed by atoms with van der Waals surface area (Å²) in [6, 6.07) is 5.42. The first-order valence-electron chi connectivity index (χ1n) is 6.02. The van der Waals surface area contributed by atoms with E-state index >= 15 is 0 Å². The number of nitrogen functional groups attached to an aromatic ring is 2. The second-order valence-corrected chi connectivity index (χ2v) is 4.05. The van der Waals surface area contributed by atoms with Gasteiger partial charge in [0.2, 0.25) is 0 Å². The second-order valence-electron chi connectivity index (χ2n) is 4.05. The average Bonchev–Trinajstić information content (AvgIpc) is 2.28. The molecule has 0 atom stereocenters. The smallest absolute Gasteiger partial charge is 0.121 e. The molecule has 0 radical (unpaired) electrons. The van der Waals surface area contributed by atoms with Gasteiger partial charge in [-0.25, -0.2) is 0 Å². The number of anilines is 2. The van der Waals surface area contributed by atoms with Crippen LogP contribution >= 0.6 is 0 Å². The molecule has 0 aromatic heterocycles. The lowest BCUT2D eigenvalue weighted by molar-refractivity contribution is 0.305. The summed E-state index contributed by atoms with van der Waals surface area (Å²) in [5, 5.41) is 0. The van der Waals surface area contributed by atoms with Crippen molar-refractivity contribution in [2.75, 3.05) is 18.1 Å². The Morgan fingerprint density at radius 1 is 1.00 bits per heavy atom. The zero-order chi connectivity index (χ0) is 11.8. The number of unbranched alkanes of at least 4 members (excludes halogenated alkanes) is 4. The molecule has 90 valence electrons. The molecule has 1 rings (SSSR count). The van der Waals surface area contributed by atoms with E-state index in [-0.39, 0.29) is 0 Å². The monoisotopic (exact) mass is 222 g/mol. The number of hydrogen-bond acceptors (Lipinski definition) is 3. The third-order valence-electron chi connectivity index (χ3n) is 2.57. The maximum absolute atomic E-state index is 5.69. The van der Waals surface area contributed by atoms with Crippen LogP contribution in [0.1, 0.15) is 39.0 Å². The fraction of sp³-hybridized carbons (Fsp3) is 0.538. The molecule has 0 saturated carbocycles. The highest BCUT2D eigenvalue weighted by molar-refractivity contribution is 5.65. The van der Waals surface area contributed by atoms with Gasteiger partial charge >= 0.3 is 0 Å². The van der Waals surface area contributed by atoms with E-state index in [1.54, 1.807) is 12.1 Å². The zero-order valence-electron chi connectivity index (χ0n) is 10.0. The molecule has 4 N–H and O–H groups in total. The van der Waals surface area contributed by atoms with Crippen LogP contribution in [0.3, 0.4) is 0 Å². The van der Waals surface area contributed by atoms with Crippen molar-refractivity contribution < 1.29 is 4.74 Å². The molecular weight excluding hydrogens is 200 g/mol. The number of rotatable bonds is 7. The Balaban J connectivity index is 2.19. The molecule has 0 aliphatic rings. The number of hydrogen-bond donors (Lipinski definition) is 2. The molecule has 0 aliphatic carbocycles. The Morgan fingerprint density at radius 2 is 1.75 bits per heavy atom. The highest BCUT2D eigenvalue weighted by Gasteiger charge is 1.98. The van der Waals surface area contributed by atoms with Gasteiger partial charge in [-0.15, -0.1) is 0 Å². The maximum Gasteiger partial charge on any atom is 0.121 e. The molecule has 0 amide bonds. The van der Waals surface area contributed by atoms with E-state index < -0.39 is 0 Å². The molecule has 0 saturated heterocycles. The van der Waals surface area contributed by atoms with Gasteiger partial charge in [-0.1, -0.05) is 32.6 Å². The van der Waals surface area contributed by atoms with Gasteiger partial charge < -0.3 is 16.2 Å². The van der Waals surface area contributed by atoms with Crippen molar-refractivity contribution in [3.8, 4) is 5.75 Å². The molecule has 1 aromatic rings. The summed E-state index contributed by atoms with van der Waals surface area (Å²) in [6.45, 7) is 2.97. The van der Waals surface area contributed by atoms with E-state index in [0.29, 0.717) is 11.4 Å². The minimum atomic E-state index is 0.587. The Bertz CT molecular complexity index is 313. The number of ether oxygens (including phenoxy) is 1. The van der Waals surface area contributed by atoms with Crippen LogP contribution in [0.2, 0.25) is 0 Å². The van der Waals surface area contributed by atoms with E-state index in [2.05, 4.69) is 6.92 Å². The van der Waals surface area contributed by atoms with E-state index in [9.17, 15) is 0 Å². The second kappa shape index (κ2) is 6.99. The van der Waals surface area contributed by atoms with Crippen molar-refractivity contribution in [3.63, 3.8) is 0 Å². The summed E-state index contributed by atoms with van der Waals surface area (Å²) in [5.74, 6) is 0.808. The molecule has 16 heavy (non-hydrogen) atoms. The van der Waals surface area contributed by atoms with Gasteiger partial charge in [0.15, 0.2) is 0 Å².